The summed E-state index contributed by atoms with van der Waals surface area (Å²) >= 11 is 0. The Bertz CT molecular complexity index is 482. The molecule has 3 rings (SSSR count). The third kappa shape index (κ3) is 5.70. The fraction of sp³-hybridized carbons (Fsp3) is 0.957. The first kappa shape index (κ1) is 22.0. The van der Waals surface area contributed by atoms with Crippen molar-refractivity contribution >= 4 is 5.91 Å². The molecule has 0 saturated carbocycles. The van der Waals surface area contributed by atoms with Crippen LogP contribution in [0.5, 0.6) is 0 Å². The maximum absolute atomic E-state index is 12.7. The summed E-state index contributed by atoms with van der Waals surface area (Å²) in [6, 6.07) is 0.686. The third-order valence-electron chi connectivity index (χ3n) is 7.61. The van der Waals surface area contributed by atoms with Crippen LogP contribution in [0.2, 0.25) is 0 Å². The number of ether oxygens (including phenoxy) is 1. The van der Waals surface area contributed by atoms with Gasteiger partial charge in [-0.1, -0.05) is 26.7 Å². The summed E-state index contributed by atoms with van der Waals surface area (Å²) in [4.78, 5) is 19.9. The van der Waals surface area contributed by atoms with Crippen LogP contribution >= 0.6 is 0 Å². The SMILES string of the molecule is CCCCC1CC2(CCN(C(=O)CCN3CCN(C(C)CC)CC3)CC2)CO1. The molecule has 5 heteroatoms. The van der Waals surface area contributed by atoms with E-state index in [0.29, 0.717) is 29.9 Å². The molecule has 3 saturated heterocycles. The smallest absolute Gasteiger partial charge is 0.223 e. The number of likely N-dealkylation sites (tertiary alicyclic amines) is 1. The number of amides is 1. The van der Waals surface area contributed by atoms with Gasteiger partial charge in [0.1, 0.15) is 0 Å². The predicted molar refractivity (Wildman–Crippen MR) is 115 cm³/mol. The minimum Gasteiger partial charge on any atom is -0.378 e. The van der Waals surface area contributed by atoms with E-state index in [1.54, 1.807) is 0 Å². The van der Waals surface area contributed by atoms with Gasteiger partial charge in [-0.15, -0.1) is 0 Å². The molecule has 0 aromatic heterocycles. The van der Waals surface area contributed by atoms with Crippen molar-refractivity contribution in [1.82, 2.24) is 14.7 Å². The second kappa shape index (κ2) is 10.4. The molecule has 5 nitrogen and oxygen atoms in total. The Balaban J connectivity index is 1.34. The lowest BCUT2D eigenvalue weighted by Crippen LogP contribution is -2.50. The first-order valence-electron chi connectivity index (χ1n) is 11.9. The van der Waals surface area contributed by atoms with Crippen LogP contribution in [-0.4, -0.2) is 85.2 Å². The van der Waals surface area contributed by atoms with E-state index in [1.165, 1.54) is 32.1 Å². The third-order valence-corrected chi connectivity index (χ3v) is 7.61. The number of carbonyl (C=O) groups excluding carboxylic acids is 1. The number of carbonyl (C=O) groups is 1. The van der Waals surface area contributed by atoms with Crippen molar-refractivity contribution in [2.75, 3.05) is 52.4 Å². The van der Waals surface area contributed by atoms with Crippen LogP contribution < -0.4 is 0 Å². The Hall–Kier alpha value is -0.650. The summed E-state index contributed by atoms with van der Waals surface area (Å²) in [7, 11) is 0. The second-order valence-corrected chi connectivity index (χ2v) is 9.55. The molecule has 3 heterocycles. The number of rotatable bonds is 8. The van der Waals surface area contributed by atoms with Crippen molar-refractivity contribution in [3.63, 3.8) is 0 Å². The van der Waals surface area contributed by atoms with Crippen molar-refractivity contribution in [3.05, 3.63) is 0 Å². The molecule has 0 radical (unpaired) electrons. The van der Waals surface area contributed by atoms with E-state index in [1.807, 2.05) is 0 Å². The number of nitrogens with zero attached hydrogens (tertiary/aromatic N) is 3. The number of unbranched alkanes of at least 4 members (excludes halogenated alkanes) is 1. The highest BCUT2D eigenvalue weighted by Crippen LogP contribution is 2.43. The maximum Gasteiger partial charge on any atom is 0.223 e. The Morgan fingerprint density at radius 1 is 1.11 bits per heavy atom. The highest BCUT2D eigenvalue weighted by atomic mass is 16.5. The Morgan fingerprint density at radius 2 is 1.82 bits per heavy atom. The number of piperidine rings is 1. The second-order valence-electron chi connectivity index (χ2n) is 9.55. The highest BCUT2D eigenvalue weighted by Gasteiger charge is 2.42. The Labute approximate surface area is 172 Å². The van der Waals surface area contributed by atoms with Crippen LogP contribution in [0.4, 0.5) is 0 Å². The molecule has 0 aromatic carbocycles. The topological polar surface area (TPSA) is 36.0 Å². The monoisotopic (exact) mass is 393 g/mol. The van der Waals surface area contributed by atoms with Gasteiger partial charge in [-0.3, -0.25) is 9.69 Å². The number of hydrogen-bond acceptors (Lipinski definition) is 4. The Morgan fingerprint density at radius 3 is 2.46 bits per heavy atom. The average Bonchev–Trinajstić information content (AvgIpc) is 3.13. The van der Waals surface area contributed by atoms with E-state index in [-0.39, 0.29) is 0 Å². The molecule has 28 heavy (non-hydrogen) atoms. The zero-order chi connectivity index (χ0) is 20.0. The zero-order valence-electron chi connectivity index (χ0n) is 18.6. The normalized spacial score (nSPS) is 27.4. The van der Waals surface area contributed by atoms with Gasteiger partial charge in [-0.05, 0) is 44.4 Å². The molecule has 2 unspecified atom stereocenters. The van der Waals surface area contributed by atoms with Crippen LogP contribution in [-0.2, 0) is 9.53 Å². The summed E-state index contributed by atoms with van der Waals surface area (Å²) in [5, 5.41) is 0. The fourth-order valence-corrected chi connectivity index (χ4v) is 5.19. The van der Waals surface area contributed by atoms with Crippen LogP contribution in [0.1, 0.15) is 72.1 Å². The minimum atomic E-state index is 0.362. The van der Waals surface area contributed by atoms with Crippen LogP contribution in [0.3, 0.4) is 0 Å². The average molecular weight is 394 g/mol. The van der Waals surface area contributed by atoms with Gasteiger partial charge < -0.3 is 14.5 Å². The lowest BCUT2D eigenvalue weighted by Gasteiger charge is -2.40. The van der Waals surface area contributed by atoms with E-state index in [2.05, 4.69) is 35.5 Å². The molecule has 3 fully saturated rings. The minimum absolute atomic E-state index is 0.362. The quantitative estimate of drug-likeness (QED) is 0.633. The molecule has 0 aromatic rings. The van der Waals surface area contributed by atoms with Gasteiger partial charge >= 0.3 is 0 Å². The van der Waals surface area contributed by atoms with E-state index < -0.39 is 0 Å². The summed E-state index contributed by atoms with van der Waals surface area (Å²) in [5.74, 6) is 0.362. The molecule has 0 aliphatic carbocycles. The largest absolute Gasteiger partial charge is 0.378 e. The summed E-state index contributed by atoms with van der Waals surface area (Å²) < 4.78 is 6.09. The van der Waals surface area contributed by atoms with Gasteiger partial charge in [-0.25, -0.2) is 0 Å². The molecule has 3 aliphatic rings. The van der Waals surface area contributed by atoms with Gasteiger partial charge in [0.05, 0.1) is 12.7 Å². The van der Waals surface area contributed by atoms with Crippen molar-refractivity contribution in [3.8, 4) is 0 Å². The van der Waals surface area contributed by atoms with Crippen molar-refractivity contribution in [2.45, 2.75) is 84.3 Å². The Kier molecular flexibility index (Phi) is 8.19. The van der Waals surface area contributed by atoms with Gasteiger partial charge in [-0.2, -0.15) is 0 Å². The number of hydrogen-bond donors (Lipinski definition) is 0. The molecule has 1 spiro atoms. The molecule has 3 aliphatic heterocycles. The summed E-state index contributed by atoms with van der Waals surface area (Å²) in [6.45, 7) is 15.1. The standard InChI is InChI=1S/C23H43N3O2/c1-4-6-7-21-18-23(19-28-21)9-12-26(13-10-23)22(27)8-11-24-14-16-25(17-15-24)20(3)5-2/h20-21H,4-19H2,1-3H3. The highest BCUT2D eigenvalue weighted by molar-refractivity contribution is 5.76. The van der Waals surface area contributed by atoms with Gasteiger partial charge in [0.2, 0.25) is 5.91 Å². The molecule has 2 atom stereocenters. The lowest BCUT2D eigenvalue weighted by molar-refractivity contribution is -0.134. The molecule has 0 bridgehead atoms. The molecular weight excluding hydrogens is 350 g/mol. The van der Waals surface area contributed by atoms with Crippen molar-refractivity contribution in [1.29, 1.82) is 0 Å². The lowest BCUT2D eigenvalue weighted by atomic mass is 9.76. The first-order chi connectivity index (χ1) is 13.5. The van der Waals surface area contributed by atoms with Crippen molar-refractivity contribution in [2.24, 2.45) is 5.41 Å². The van der Waals surface area contributed by atoms with E-state index in [9.17, 15) is 4.79 Å². The van der Waals surface area contributed by atoms with Crippen LogP contribution in [0.15, 0.2) is 0 Å². The zero-order valence-corrected chi connectivity index (χ0v) is 18.6. The fourth-order valence-electron chi connectivity index (χ4n) is 5.19. The van der Waals surface area contributed by atoms with E-state index in [0.717, 1.165) is 65.3 Å². The van der Waals surface area contributed by atoms with E-state index in [4.69, 9.17) is 4.74 Å². The van der Waals surface area contributed by atoms with Gasteiger partial charge in [0.15, 0.2) is 0 Å². The summed E-state index contributed by atoms with van der Waals surface area (Å²) in [6.07, 6.45) is 9.60. The van der Waals surface area contributed by atoms with Crippen LogP contribution in [0, 0.1) is 5.41 Å². The van der Waals surface area contributed by atoms with Gasteiger partial charge in [0, 0.05) is 58.3 Å². The maximum atomic E-state index is 12.7. The molecule has 0 N–H and O–H groups in total. The van der Waals surface area contributed by atoms with Gasteiger partial charge in [0.25, 0.3) is 0 Å². The first-order valence-corrected chi connectivity index (χ1v) is 11.9. The van der Waals surface area contributed by atoms with E-state index >= 15 is 0 Å². The molecule has 1 amide bonds. The number of piperazine rings is 1. The van der Waals surface area contributed by atoms with Crippen molar-refractivity contribution < 1.29 is 9.53 Å². The molecule has 162 valence electrons. The summed E-state index contributed by atoms with van der Waals surface area (Å²) in [5.41, 5.74) is 0.363. The van der Waals surface area contributed by atoms with Crippen LogP contribution in [0.25, 0.3) is 0 Å². The predicted octanol–water partition coefficient (Wildman–Crippen LogP) is 3.38. The molecular formula is C23H43N3O2.